The molecule has 0 radical (unpaired) electrons. The van der Waals surface area contributed by atoms with Gasteiger partial charge >= 0.3 is 5.97 Å². The number of hydrogen-bond acceptors (Lipinski definition) is 6. The number of benzene rings is 2. The van der Waals surface area contributed by atoms with E-state index in [-0.39, 0.29) is 4.90 Å². The molecule has 126 valence electrons. The second-order valence-corrected chi connectivity index (χ2v) is 7.75. The van der Waals surface area contributed by atoms with Gasteiger partial charge in [0.1, 0.15) is 17.5 Å². The first-order valence-electron chi connectivity index (χ1n) is 6.85. The maximum atomic E-state index is 12.3. The Morgan fingerprint density at radius 2 is 1.88 bits per heavy atom. The Labute approximate surface area is 142 Å². The number of aliphatic hydroxyl groups is 1. The molecule has 2 aromatic carbocycles. The van der Waals surface area contributed by atoms with Crippen molar-refractivity contribution < 1.29 is 28.2 Å². The second kappa shape index (κ2) is 6.44. The smallest absolute Gasteiger partial charge is 0.324 e. The molecule has 0 fully saturated rings. The molecule has 7 nitrogen and oxygen atoms in total. The van der Waals surface area contributed by atoms with Crippen LogP contribution in [0.3, 0.4) is 0 Å². The Kier molecular flexibility index (Phi) is 4.50. The van der Waals surface area contributed by atoms with E-state index in [0.29, 0.717) is 16.4 Å². The molecule has 0 amide bonds. The van der Waals surface area contributed by atoms with Crippen LogP contribution in [-0.4, -0.2) is 37.2 Å². The molecule has 1 heterocycles. The second-order valence-electron chi connectivity index (χ2n) is 4.95. The molecule has 3 N–H and O–H groups in total. The maximum absolute atomic E-state index is 12.3. The zero-order chi connectivity index (χ0) is 17.3. The number of ether oxygens (including phenoxy) is 1. The summed E-state index contributed by atoms with van der Waals surface area (Å²) in [5, 5.41) is 17.8. The van der Waals surface area contributed by atoms with Crippen LogP contribution in [0.1, 0.15) is 0 Å². The van der Waals surface area contributed by atoms with Gasteiger partial charge in [-0.2, -0.15) is 4.72 Å². The average Bonchev–Trinajstić information content (AvgIpc) is 2.57. The summed E-state index contributed by atoms with van der Waals surface area (Å²) in [4.78, 5) is 12.3. The van der Waals surface area contributed by atoms with Gasteiger partial charge in [0.05, 0.1) is 21.3 Å². The van der Waals surface area contributed by atoms with E-state index in [9.17, 15) is 13.2 Å². The van der Waals surface area contributed by atoms with Gasteiger partial charge in [0.15, 0.2) is 0 Å². The van der Waals surface area contributed by atoms with Crippen LogP contribution in [0.2, 0.25) is 0 Å². The lowest BCUT2D eigenvalue weighted by Gasteiger charge is -2.20. The number of sulfonamides is 1. The summed E-state index contributed by atoms with van der Waals surface area (Å²) in [5.74, 6) is -0.241. The fourth-order valence-corrected chi connectivity index (χ4v) is 4.37. The third-order valence-corrected chi connectivity index (χ3v) is 5.86. The Balaban J connectivity index is 1.91. The Hall–Kier alpha value is -2.07. The zero-order valence-corrected chi connectivity index (χ0v) is 13.8. The van der Waals surface area contributed by atoms with Gasteiger partial charge in [-0.3, -0.25) is 4.79 Å². The van der Waals surface area contributed by atoms with Gasteiger partial charge in [-0.05, 0) is 30.3 Å². The van der Waals surface area contributed by atoms with Gasteiger partial charge in [0, 0.05) is 0 Å². The van der Waals surface area contributed by atoms with Crippen LogP contribution in [0.4, 0.5) is 0 Å². The minimum absolute atomic E-state index is 0.101. The third-order valence-electron chi connectivity index (χ3n) is 3.29. The Bertz CT molecular complexity index is 897. The van der Waals surface area contributed by atoms with E-state index in [2.05, 4.69) is 0 Å². The number of rotatable bonds is 5. The number of carboxylic acids is 1. The predicted octanol–water partition coefficient (Wildman–Crippen LogP) is 1.67. The number of aliphatic hydroxyl groups excluding tert-OH is 1. The zero-order valence-electron chi connectivity index (χ0n) is 12.2. The fraction of sp³-hybridized carbons (Fsp3) is 0.133. The number of hydrogen-bond donors (Lipinski definition) is 3. The molecule has 2 aromatic rings. The van der Waals surface area contributed by atoms with Crippen molar-refractivity contribution in [1.29, 1.82) is 0 Å². The summed E-state index contributed by atoms with van der Waals surface area (Å²) in [6.45, 7) is -0.843. The molecule has 3 rings (SSSR count). The molecular formula is C15H13NO6S2. The molecule has 1 aliphatic heterocycles. The van der Waals surface area contributed by atoms with Crippen molar-refractivity contribution in [3.8, 4) is 11.5 Å². The van der Waals surface area contributed by atoms with Crippen molar-refractivity contribution in [1.82, 2.24) is 4.72 Å². The Morgan fingerprint density at radius 1 is 1.17 bits per heavy atom. The highest BCUT2D eigenvalue weighted by molar-refractivity contribution is 7.99. The monoisotopic (exact) mass is 367 g/mol. The summed E-state index contributed by atoms with van der Waals surface area (Å²) in [5.41, 5.74) is 0. The van der Waals surface area contributed by atoms with Gasteiger partial charge in [0.25, 0.3) is 0 Å². The molecule has 0 spiro atoms. The molecule has 0 saturated heterocycles. The number of nitrogens with one attached hydrogen (secondary N) is 1. The molecule has 0 unspecified atom stereocenters. The van der Waals surface area contributed by atoms with E-state index in [4.69, 9.17) is 14.9 Å². The van der Waals surface area contributed by atoms with Crippen LogP contribution in [0.15, 0.2) is 57.2 Å². The number of carbonyl (C=O) groups is 1. The molecule has 0 bridgehead atoms. The standard InChI is InChI=1S/C15H13NO6S2/c17-8-10(15(18)19)16-24(20,21)9-5-6-12-14(7-9)23-13-4-2-1-3-11(13)22-12/h1-7,10,16-17H,8H2,(H,18,19)/t10-/m1/s1. The first-order chi connectivity index (χ1) is 11.4. The van der Waals surface area contributed by atoms with Crippen molar-refractivity contribution in [3.63, 3.8) is 0 Å². The van der Waals surface area contributed by atoms with E-state index in [1.54, 1.807) is 0 Å². The topological polar surface area (TPSA) is 113 Å². The highest BCUT2D eigenvalue weighted by Gasteiger charge is 2.26. The van der Waals surface area contributed by atoms with Crippen LogP contribution < -0.4 is 9.46 Å². The van der Waals surface area contributed by atoms with Gasteiger partial charge in [-0.15, -0.1) is 0 Å². The average molecular weight is 367 g/mol. The third kappa shape index (κ3) is 3.24. The predicted molar refractivity (Wildman–Crippen MR) is 85.9 cm³/mol. The number of aliphatic carboxylic acids is 1. The van der Waals surface area contributed by atoms with Gasteiger partial charge in [-0.1, -0.05) is 23.9 Å². The quantitative estimate of drug-likeness (QED) is 0.629. The summed E-state index contributed by atoms with van der Waals surface area (Å²) < 4.78 is 32.3. The molecule has 0 aromatic heterocycles. The van der Waals surface area contributed by atoms with Crippen molar-refractivity contribution >= 4 is 27.8 Å². The van der Waals surface area contributed by atoms with Crippen molar-refractivity contribution in [2.24, 2.45) is 0 Å². The van der Waals surface area contributed by atoms with E-state index >= 15 is 0 Å². The summed E-state index contributed by atoms with van der Waals surface area (Å²) in [6, 6.07) is 10.0. The minimum atomic E-state index is -4.09. The van der Waals surface area contributed by atoms with Crippen LogP contribution in [0.25, 0.3) is 0 Å². The van der Waals surface area contributed by atoms with Crippen LogP contribution >= 0.6 is 11.8 Å². The SMILES string of the molecule is O=C(O)[C@@H](CO)NS(=O)(=O)c1ccc2c(c1)Sc1ccccc1O2. The minimum Gasteiger partial charge on any atom is -0.480 e. The highest BCUT2D eigenvalue weighted by Crippen LogP contribution is 2.47. The largest absolute Gasteiger partial charge is 0.480 e. The molecule has 0 aliphatic carbocycles. The molecule has 1 aliphatic rings. The molecule has 1 atom stereocenters. The first kappa shape index (κ1) is 16.8. The van der Waals surface area contributed by atoms with Gasteiger partial charge in [0.2, 0.25) is 10.0 Å². The highest BCUT2D eigenvalue weighted by atomic mass is 32.2. The lowest BCUT2D eigenvalue weighted by atomic mass is 10.3. The lowest BCUT2D eigenvalue weighted by Crippen LogP contribution is -2.43. The van der Waals surface area contributed by atoms with Crippen molar-refractivity contribution in [2.45, 2.75) is 20.7 Å². The molecular weight excluding hydrogens is 354 g/mol. The van der Waals surface area contributed by atoms with Crippen molar-refractivity contribution in [2.75, 3.05) is 6.61 Å². The van der Waals surface area contributed by atoms with E-state index in [0.717, 1.165) is 4.90 Å². The molecule has 0 saturated carbocycles. The normalized spacial score (nSPS) is 14.2. The van der Waals surface area contributed by atoms with Gasteiger partial charge < -0.3 is 14.9 Å². The van der Waals surface area contributed by atoms with E-state index in [1.165, 1.54) is 30.0 Å². The number of fused-ring (bicyclic) bond motifs is 2. The number of carboxylic acid groups (broad SMARTS) is 1. The summed E-state index contributed by atoms with van der Waals surface area (Å²) in [6.07, 6.45) is 0. The molecule has 9 heteroatoms. The first-order valence-corrected chi connectivity index (χ1v) is 9.15. The molecule has 24 heavy (non-hydrogen) atoms. The van der Waals surface area contributed by atoms with Crippen LogP contribution in [0.5, 0.6) is 11.5 Å². The number of para-hydroxylation sites is 1. The Morgan fingerprint density at radius 3 is 2.58 bits per heavy atom. The maximum Gasteiger partial charge on any atom is 0.324 e. The van der Waals surface area contributed by atoms with E-state index < -0.39 is 28.6 Å². The van der Waals surface area contributed by atoms with Crippen molar-refractivity contribution in [3.05, 3.63) is 42.5 Å². The summed E-state index contributed by atoms with van der Waals surface area (Å²) in [7, 11) is -4.09. The summed E-state index contributed by atoms with van der Waals surface area (Å²) >= 11 is 1.36. The lowest BCUT2D eigenvalue weighted by molar-refractivity contribution is -0.139. The van der Waals surface area contributed by atoms with E-state index in [1.807, 2.05) is 29.0 Å². The van der Waals surface area contributed by atoms with Crippen LogP contribution in [0, 0.1) is 0 Å². The van der Waals surface area contributed by atoms with Gasteiger partial charge in [-0.25, -0.2) is 8.42 Å². The fourth-order valence-electron chi connectivity index (χ4n) is 2.10. The van der Waals surface area contributed by atoms with Crippen LogP contribution in [-0.2, 0) is 14.8 Å².